The van der Waals surface area contributed by atoms with Gasteiger partial charge in [0.1, 0.15) is 0 Å². The molecule has 2 N–H and O–H groups in total. The maximum Gasteiger partial charge on any atom is 0.250 e. The number of primary amides is 1. The number of hydrogen-bond donors (Lipinski definition) is 1. The maximum absolute atomic E-state index is 10.7. The Hall–Kier alpha value is -1.42. The van der Waals surface area contributed by atoms with Gasteiger partial charge in [-0.1, -0.05) is 0 Å². The Bertz CT molecular complexity index is 352. The summed E-state index contributed by atoms with van der Waals surface area (Å²) < 4.78 is 0. The van der Waals surface area contributed by atoms with Gasteiger partial charge in [-0.15, -0.1) is 0 Å². The van der Waals surface area contributed by atoms with Gasteiger partial charge in [0.05, 0.1) is 5.56 Å². The number of carbonyl (C=O) groups is 2. The number of hydrogen-bond acceptors (Lipinski definition) is 3. The molecular weight excluding hydrogens is 192 g/mol. The van der Waals surface area contributed by atoms with Crippen molar-refractivity contribution in [1.29, 1.82) is 0 Å². The average Bonchev–Trinajstić information content (AvgIpc) is 2.03. The monoisotopic (exact) mass is 198 g/mol. The summed E-state index contributed by atoms with van der Waals surface area (Å²) in [5.74, 6) is -0.573. The van der Waals surface area contributed by atoms with Crippen LogP contribution in [0, 0.1) is 0 Å². The minimum atomic E-state index is -0.573. The molecule has 0 saturated heterocycles. The highest BCUT2D eigenvalue weighted by molar-refractivity contribution is 6.63. The number of nitrogens with two attached hydrogens (primary N) is 1. The van der Waals surface area contributed by atoms with Gasteiger partial charge in [-0.25, -0.2) is 0 Å². The Labute approximate surface area is 79.7 Å². The van der Waals surface area contributed by atoms with Crippen LogP contribution in [0.25, 0.3) is 0 Å². The lowest BCUT2D eigenvalue weighted by molar-refractivity contribution is -0.111. The molecule has 1 heterocycles. The summed E-state index contributed by atoms with van der Waals surface area (Å²) in [4.78, 5) is 25.0. The predicted octanol–water partition coefficient (Wildman–Crippen LogP) is 0.488. The predicted molar refractivity (Wildman–Crippen MR) is 47.3 cm³/mol. The van der Waals surface area contributed by atoms with Crippen LogP contribution in [-0.4, -0.2) is 16.1 Å². The second kappa shape index (κ2) is 4.00. The van der Waals surface area contributed by atoms with E-state index in [0.29, 0.717) is 5.56 Å². The quantitative estimate of drug-likeness (QED) is 0.719. The molecule has 0 spiro atoms. The van der Waals surface area contributed by atoms with Gasteiger partial charge in [-0.2, -0.15) is 0 Å². The topological polar surface area (TPSA) is 73.1 Å². The lowest BCUT2D eigenvalue weighted by Crippen LogP contribution is -2.11. The van der Waals surface area contributed by atoms with E-state index in [2.05, 4.69) is 4.98 Å². The largest absolute Gasteiger partial charge is 0.366 e. The Morgan fingerprint density at radius 1 is 1.46 bits per heavy atom. The first-order chi connectivity index (χ1) is 6.09. The third-order valence-electron chi connectivity index (χ3n) is 1.42. The summed E-state index contributed by atoms with van der Waals surface area (Å²) >= 11 is 5.16. The number of amides is 1. The molecule has 1 amide bonds. The van der Waals surface area contributed by atoms with Crippen LogP contribution in [0.3, 0.4) is 0 Å². The van der Waals surface area contributed by atoms with Crippen LogP contribution < -0.4 is 5.73 Å². The van der Waals surface area contributed by atoms with Gasteiger partial charge in [0.2, 0.25) is 11.1 Å². The van der Waals surface area contributed by atoms with Crippen molar-refractivity contribution in [3.8, 4) is 0 Å². The number of pyridine rings is 1. The van der Waals surface area contributed by atoms with Crippen molar-refractivity contribution in [2.75, 3.05) is 0 Å². The first-order valence-corrected chi connectivity index (χ1v) is 3.89. The zero-order valence-corrected chi connectivity index (χ0v) is 7.41. The molecule has 0 atom stereocenters. The van der Waals surface area contributed by atoms with Crippen LogP contribution >= 0.6 is 11.6 Å². The summed E-state index contributed by atoms with van der Waals surface area (Å²) in [6.07, 6.45) is 2.85. The van der Waals surface area contributed by atoms with E-state index >= 15 is 0 Å². The van der Waals surface area contributed by atoms with E-state index in [1.54, 1.807) is 0 Å². The van der Waals surface area contributed by atoms with Gasteiger partial charge >= 0.3 is 0 Å². The van der Waals surface area contributed by atoms with E-state index in [1.807, 2.05) is 0 Å². The van der Waals surface area contributed by atoms with Crippen molar-refractivity contribution in [3.63, 3.8) is 0 Å². The number of carbonyl (C=O) groups excluding carboxylic acids is 2. The molecule has 68 valence electrons. The zero-order valence-electron chi connectivity index (χ0n) is 6.66. The Balaban J connectivity index is 2.91. The molecule has 0 radical (unpaired) electrons. The molecule has 13 heavy (non-hydrogen) atoms. The second-order valence-electron chi connectivity index (χ2n) is 2.48. The summed E-state index contributed by atoms with van der Waals surface area (Å²) in [6, 6.07) is 1.50. The van der Waals surface area contributed by atoms with E-state index in [1.165, 1.54) is 18.5 Å². The molecule has 0 saturated carbocycles. The fourth-order valence-corrected chi connectivity index (χ4v) is 1.03. The lowest BCUT2D eigenvalue weighted by atomic mass is 10.1. The van der Waals surface area contributed by atoms with E-state index in [4.69, 9.17) is 17.3 Å². The number of nitrogens with zero attached hydrogens (tertiary/aromatic N) is 1. The maximum atomic E-state index is 10.7. The third-order valence-corrected chi connectivity index (χ3v) is 1.56. The minimum Gasteiger partial charge on any atom is -0.366 e. The molecule has 1 aromatic heterocycles. The zero-order chi connectivity index (χ0) is 9.84. The summed E-state index contributed by atoms with van der Waals surface area (Å²) in [7, 11) is 0. The van der Waals surface area contributed by atoms with Crippen LogP contribution in [0.1, 0.15) is 15.9 Å². The van der Waals surface area contributed by atoms with E-state index in [0.717, 1.165) is 0 Å². The summed E-state index contributed by atoms with van der Waals surface area (Å²) in [5, 5.41) is -0.497. The molecule has 0 fully saturated rings. The highest BCUT2D eigenvalue weighted by atomic mass is 35.5. The summed E-state index contributed by atoms with van der Waals surface area (Å²) in [5.41, 5.74) is 5.87. The van der Waals surface area contributed by atoms with Crippen molar-refractivity contribution in [2.45, 2.75) is 6.42 Å². The van der Waals surface area contributed by atoms with Crippen molar-refractivity contribution >= 4 is 22.8 Å². The van der Waals surface area contributed by atoms with Crippen molar-refractivity contribution in [2.24, 2.45) is 5.73 Å². The van der Waals surface area contributed by atoms with Gasteiger partial charge < -0.3 is 5.73 Å². The standard InChI is InChI=1S/C8H7ClN2O2/c9-7(12)2-5-1-6(8(10)13)4-11-3-5/h1,3-4H,2H2,(H2,10,13). The third kappa shape index (κ3) is 2.83. The van der Waals surface area contributed by atoms with Gasteiger partial charge in [-0.05, 0) is 23.2 Å². The SMILES string of the molecule is NC(=O)c1cncc(CC(=O)Cl)c1. The fraction of sp³-hybridized carbons (Fsp3) is 0.125. The molecule has 0 aliphatic heterocycles. The molecule has 1 aromatic rings. The number of rotatable bonds is 3. The van der Waals surface area contributed by atoms with Crippen LogP contribution in [0.5, 0.6) is 0 Å². The molecule has 1 rings (SSSR count). The van der Waals surface area contributed by atoms with E-state index in [9.17, 15) is 9.59 Å². The molecule has 0 bridgehead atoms. The highest BCUT2D eigenvalue weighted by Gasteiger charge is 2.04. The van der Waals surface area contributed by atoms with Gasteiger partial charge in [-0.3, -0.25) is 14.6 Å². The van der Waals surface area contributed by atoms with E-state index in [-0.39, 0.29) is 12.0 Å². The minimum absolute atomic E-state index is 0.0513. The Morgan fingerprint density at radius 2 is 2.15 bits per heavy atom. The molecule has 4 nitrogen and oxygen atoms in total. The smallest absolute Gasteiger partial charge is 0.250 e. The van der Waals surface area contributed by atoms with Crippen molar-refractivity contribution in [3.05, 3.63) is 29.6 Å². The second-order valence-corrected chi connectivity index (χ2v) is 2.90. The van der Waals surface area contributed by atoms with Gasteiger partial charge in [0.25, 0.3) is 0 Å². The Morgan fingerprint density at radius 3 is 2.69 bits per heavy atom. The van der Waals surface area contributed by atoms with E-state index < -0.39 is 11.1 Å². The molecule has 0 aliphatic carbocycles. The van der Waals surface area contributed by atoms with Crippen LogP contribution in [0.15, 0.2) is 18.5 Å². The molecule has 5 heteroatoms. The fourth-order valence-electron chi connectivity index (χ4n) is 0.879. The summed E-state index contributed by atoms with van der Waals surface area (Å²) in [6.45, 7) is 0. The van der Waals surface area contributed by atoms with Gasteiger partial charge in [0.15, 0.2) is 0 Å². The van der Waals surface area contributed by atoms with Crippen LogP contribution in [-0.2, 0) is 11.2 Å². The van der Waals surface area contributed by atoms with Gasteiger partial charge in [0, 0.05) is 18.8 Å². The normalized spacial score (nSPS) is 9.62. The lowest BCUT2D eigenvalue weighted by Gasteiger charge is -1.98. The Kier molecular flexibility index (Phi) is 2.97. The van der Waals surface area contributed by atoms with Crippen LogP contribution in [0.4, 0.5) is 0 Å². The van der Waals surface area contributed by atoms with Crippen molar-refractivity contribution < 1.29 is 9.59 Å². The average molecular weight is 199 g/mol. The highest BCUT2D eigenvalue weighted by Crippen LogP contribution is 2.04. The van der Waals surface area contributed by atoms with Crippen molar-refractivity contribution in [1.82, 2.24) is 4.98 Å². The molecule has 0 aliphatic rings. The molecule has 0 aromatic carbocycles. The molecule has 0 unspecified atom stereocenters. The first kappa shape index (κ1) is 9.67. The van der Waals surface area contributed by atoms with Crippen LogP contribution in [0.2, 0.25) is 0 Å². The number of aromatic nitrogens is 1. The number of halogens is 1. The molecular formula is C8H7ClN2O2. The first-order valence-electron chi connectivity index (χ1n) is 3.51.